The van der Waals surface area contributed by atoms with Crippen molar-refractivity contribution in [2.45, 2.75) is 12.8 Å². The summed E-state index contributed by atoms with van der Waals surface area (Å²) in [5.41, 5.74) is -0.196. The number of ether oxygens (including phenoxy) is 2. The van der Waals surface area contributed by atoms with E-state index in [1.807, 2.05) is 0 Å². The third kappa shape index (κ3) is 0.645. The van der Waals surface area contributed by atoms with Crippen LogP contribution >= 0.6 is 0 Å². The first-order valence-corrected chi connectivity index (χ1v) is 3.08. The van der Waals surface area contributed by atoms with Crippen LogP contribution < -0.4 is 0 Å². The van der Waals surface area contributed by atoms with Gasteiger partial charge >= 0.3 is 5.97 Å². The molecule has 1 spiro atoms. The molecule has 0 bridgehead atoms. The second-order valence-electron chi connectivity index (χ2n) is 2.68. The number of cyclic esters (lactones) is 1. The number of carbonyl (C=O) groups excluding carboxylic acids is 1. The molecule has 1 aliphatic carbocycles. The fourth-order valence-corrected chi connectivity index (χ4v) is 1.04. The summed E-state index contributed by atoms with van der Waals surface area (Å²) in [6.07, 6.45) is 1.90. The SMILES string of the molecule is O=C1OCOCC12CC2. The number of carbonyl (C=O) groups is 1. The van der Waals surface area contributed by atoms with Crippen LogP contribution in [0.3, 0.4) is 0 Å². The molecule has 9 heavy (non-hydrogen) atoms. The van der Waals surface area contributed by atoms with E-state index in [2.05, 4.69) is 0 Å². The van der Waals surface area contributed by atoms with Gasteiger partial charge in [-0.15, -0.1) is 0 Å². The van der Waals surface area contributed by atoms with Crippen molar-refractivity contribution in [2.24, 2.45) is 5.41 Å². The molecule has 0 aromatic rings. The van der Waals surface area contributed by atoms with Gasteiger partial charge in [0.15, 0.2) is 6.79 Å². The average Bonchev–Trinajstić information content (AvgIpc) is 2.60. The Labute approximate surface area is 52.9 Å². The highest BCUT2D eigenvalue weighted by Crippen LogP contribution is 2.48. The molecule has 1 saturated carbocycles. The number of hydrogen-bond acceptors (Lipinski definition) is 3. The Morgan fingerprint density at radius 3 is 2.67 bits per heavy atom. The van der Waals surface area contributed by atoms with Crippen LogP contribution in [0.25, 0.3) is 0 Å². The van der Waals surface area contributed by atoms with Crippen LogP contribution in [0.5, 0.6) is 0 Å². The minimum atomic E-state index is -0.196. The Kier molecular flexibility index (Phi) is 0.858. The zero-order valence-electron chi connectivity index (χ0n) is 5.05. The highest BCUT2D eigenvalue weighted by atomic mass is 16.7. The molecule has 2 aliphatic rings. The molecule has 1 saturated heterocycles. The van der Waals surface area contributed by atoms with Crippen molar-refractivity contribution < 1.29 is 14.3 Å². The molecule has 2 rings (SSSR count). The van der Waals surface area contributed by atoms with Crippen molar-refractivity contribution in [1.29, 1.82) is 0 Å². The van der Waals surface area contributed by atoms with Crippen molar-refractivity contribution in [1.82, 2.24) is 0 Å². The summed E-state index contributed by atoms with van der Waals surface area (Å²) in [6, 6.07) is 0. The maximum absolute atomic E-state index is 10.9. The van der Waals surface area contributed by atoms with Crippen molar-refractivity contribution in [3.63, 3.8) is 0 Å². The second kappa shape index (κ2) is 1.48. The number of rotatable bonds is 0. The number of hydrogen-bond donors (Lipinski definition) is 0. The summed E-state index contributed by atoms with van der Waals surface area (Å²) in [6.45, 7) is 0.729. The average molecular weight is 128 g/mol. The standard InChI is InChI=1S/C6H8O3/c7-5-6(1-2-6)3-8-4-9-5/h1-4H2. The lowest BCUT2D eigenvalue weighted by Crippen LogP contribution is -2.31. The van der Waals surface area contributed by atoms with Gasteiger partial charge in [0.1, 0.15) is 0 Å². The summed E-state index contributed by atoms with van der Waals surface area (Å²) >= 11 is 0. The zero-order chi connectivity index (χ0) is 6.32. The van der Waals surface area contributed by atoms with E-state index in [1.165, 1.54) is 0 Å². The van der Waals surface area contributed by atoms with E-state index >= 15 is 0 Å². The first-order chi connectivity index (χ1) is 4.33. The molecule has 0 unspecified atom stereocenters. The molecule has 1 heterocycles. The molecule has 0 aromatic carbocycles. The van der Waals surface area contributed by atoms with Crippen LogP contribution in [0.4, 0.5) is 0 Å². The van der Waals surface area contributed by atoms with E-state index in [0.717, 1.165) is 12.8 Å². The summed E-state index contributed by atoms with van der Waals surface area (Å²) in [5, 5.41) is 0. The van der Waals surface area contributed by atoms with Crippen molar-refractivity contribution in [3.05, 3.63) is 0 Å². The lowest BCUT2D eigenvalue weighted by atomic mass is 10.1. The molecule has 50 valence electrons. The molecule has 0 radical (unpaired) electrons. The van der Waals surface area contributed by atoms with Gasteiger partial charge in [-0.3, -0.25) is 4.79 Å². The molecule has 0 N–H and O–H groups in total. The van der Waals surface area contributed by atoms with E-state index < -0.39 is 0 Å². The van der Waals surface area contributed by atoms with Crippen LogP contribution in [0.2, 0.25) is 0 Å². The lowest BCUT2D eigenvalue weighted by Gasteiger charge is -2.19. The van der Waals surface area contributed by atoms with E-state index in [-0.39, 0.29) is 18.2 Å². The minimum Gasteiger partial charge on any atom is -0.438 e. The molecule has 0 atom stereocenters. The Morgan fingerprint density at radius 1 is 1.44 bits per heavy atom. The molecule has 1 aliphatic heterocycles. The fraction of sp³-hybridized carbons (Fsp3) is 0.833. The smallest absolute Gasteiger partial charge is 0.316 e. The van der Waals surface area contributed by atoms with Gasteiger partial charge in [0.25, 0.3) is 0 Å². The van der Waals surface area contributed by atoms with Gasteiger partial charge in [-0.2, -0.15) is 0 Å². The van der Waals surface area contributed by atoms with Gasteiger partial charge in [0.05, 0.1) is 12.0 Å². The van der Waals surface area contributed by atoms with Crippen molar-refractivity contribution >= 4 is 5.97 Å². The normalized spacial score (nSPS) is 30.0. The molecule has 3 heteroatoms. The highest BCUT2D eigenvalue weighted by Gasteiger charge is 2.53. The number of esters is 1. The molecule has 3 nitrogen and oxygen atoms in total. The van der Waals surface area contributed by atoms with Crippen LogP contribution in [-0.4, -0.2) is 19.4 Å². The second-order valence-corrected chi connectivity index (χ2v) is 2.68. The maximum Gasteiger partial charge on any atom is 0.316 e. The predicted octanol–water partition coefficient (Wildman–Crippen LogP) is 0.297. The van der Waals surface area contributed by atoms with E-state index in [0.29, 0.717) is 6.61 Å². The summed E-state index contributed by atoms with van der Waals surface area (Å²) in [5.74, 6) is -0.0613. The van der Waals surface area contributed by atoms with Crippen molar-refractivity contribution in [2.75, 3.05) is 13.4 Å². The van der Waals surface area contributed by atoms with Gasteiger partial charge in [0.2, 0.25) is 0 Å². The van der Waals surface area contributed by atoms with Gasteiger partial charge in [-0.1, -0.05) is 0 Å². The van der Waals surface area contributed by atoms with Gasteiger partial charge in [-0.05, 0) is 12.8 Å². The third-order valence-corrected chi connectivity index (χ3v) is 1.94. The molecule has 0 aromatic heterocycles. The Bertz CT molecular complexity index is 148. The molecule has 2 fully saturated rings. The molecular formula is C6H8O3. The Hall–Kier alpha value is -0.570. The van der Waals surface area contributed by atoms with E-state index in [1.54, 1.807) is 0 Å². The quantitative estimate of drug-likeness (QED) is 0.440. The van der Waals surface area contributed by atoms with Crippen LogP contribution in [0, 0.1) is 5.41 Å². The summed E-state index contributed by atoms with van der Waals surface area (Å²) in [4.78, 5) is 10.9. The largest absolute Gasteiger partial charge is 0.438 e. The van der Waals surface area contributed by atoms with Crippen LogP contribution in [0.1, 0.15) is 12.8 Å². The third-order valence-electron chi connectivity index (χ3n) is 1.94. The van der Waals surface area contributed by atoms with E-state index in [4.69, 9.17) is 9.47 Å². The van der Waals surface area contributed by atoms with Gasteiger partial charge in [-0.25, -0.2) is 0 Å². The summed E-state index contributed by atoms with van der Waals surface area (Å²) in [7, 11) is 0. The molecule has 0 amide bonds. The van der Waals surface area contributed by atoms with E-state index in [9.17, 15) is 4.79 Å². The lowest BCUT2D eigenvalue weighted by molar-refractivity contribution is -0.182. The fourth-order valence-electron chi connectivity index (χ4n) is 1.04. The highest BCUT2D eigenvalue weighted by molar-refractivity contribution is 5.80. The monoisotopic (exact) mass is 128 g/mol. The Balaban J connectivity index is 2.12. The first kappa shape index (κ1) is 5.23. The van der Waals surface area contributed by atoms with Gasteiger partial charge in [0, 0.05) is 0 Å². The minimum absolute atomic E-state index is 0.0613. The van der Waals surface area contributed by atoms with Gasteiger partial charge < -0.3 is 9.47 Å². The zero-order valence-corrected chi connectivity index (χ0v) is 5.05. The first-order valence-electron chi connectivity index (χ1n) is 3.08. The summed E-state index contributed by atoms with van der Waals surface area (Å²) < 4.78 is 9.67. The predicted molar refractivity (Wildman–Crippen MR) is 28.6 cm³/mol. The molecular weight excluding hydrogens is 120 g/mol. The maximum atomic E-state index is 10.9. The van der Waals surface area contributed by atoms with Crippen LogP contribution in [-0.2, 0) is 14.3 Å². The Morgan fingerprint density at radius 2 is 2.22 bits per heavy atom. The topological polar surface area (TPSA) is 35.5 Å². The van der Waals surface area contributed by atoms with Crippen LogP contribution in [0.15, 0.2) is 0 Å². The van der Waals surface area contributed by atoms with Crippen molar-refractivity contribution in [3.8, 4) is 0 Å².